The molecule has 0 amide bonds. The van der Waals surface area contributed by atoms with E-state index in [1.807, 2.05) is 0 Å². The monoisotopic (exact) mass is 162 g/mol. The third kappa shape index (κ3) is 5.78. The van der Waals surface area contributed by atoms with E-state index in [0.717, 1.165) is 0 Å². The van der Waals surface area contributed by atoms with Gasteiger partial charge in [-0.2, -0.15) is 0 Å². The molecule has 0 aromatic rings. The molecule has 5 nitrogen and oxygen atoms in total. The molecule has 0 aromatic carbocycles. The van der Waals surface area contributed by atoms with Crippen LogP contribution in [-0.2, 0) is 9.53 Å². The Morgan fingerprint density at radius 3 is 2.91 bits per heavy atom. The molecule has 0 unspecified atom stereocenters. The predicted octanol–water partition coefficient (Wildman–Crippen LogP) is -1.37. The number of carbonyl (C=O) groups is 1. The minimum Gasteiger partial charge on any atom is -0.480 e. The van der Waals surface area contributed by atoms with Crippen LogP contribution >= 0.6 is 0 Å². The summed E-state index contributed by atoms with van der Waals surface area (Å²) in [6, 6.07) is -0.827. The van der Waals surface area contributed by atoms with E-state index < -0.39 is 12.0 Å². The SMILES string of the molecule is COCCNC[C@H](N)C(=O)O. The summed E-state index contributed by atoms with van der Waals surface area (Å²) < 4.78 is 4.73. The molecule has 0 heterocycles. The molecule has 0 radical (unpaired) electrons. The fraction of sp³-hybridized carbons (Fsp3) is 0.833. The lowest BCUT2D eigenvalue weighted by molar-refractivity contribution is -0.138. The van der Waals surface area contributed by atoms with E-state index in [1.165, 1.54) is 0 Å². The highest BCUT2D eigenvalue weighted by molar-refractivity contribution is 5.73. The van der Waals surface area contributed by atoms with E-state index in [4.69, 9.17) is 15.6 Å². The Kier molecular flexibility index (Phi) is 5.73. The van der Waals surface area contributed by atoms with Gasteiger partial charge in [0.2, 0.25) is 0 Å². The van der Waals surface area contributed by atoms with Gasteiger partial charge in [-0.25, -0.2) is 0 Å². The molecular formula is C6H14N2O3. The smallest absolute Gasteiger partial charge is 0.321 e. The van der Waals surface area contributed by atoms with Crippen LogP contribution in [0, 0.1) is 0 Å². The third-order valence-electron chi connectivity index (χ3n) is 1.16. The molecule has 66 valence electrons. The first-order chi connectivity index (χ1) is 5.18. The summed E-state index contributed by atoms with van der Waals surface area (Å²) in [4.78, 5) is 10.2. The van der Waals surface area contributed by atoms with Crippen molar-refractivity contribution in [3.63, 3.8) is 0 Å². The van der Waals surface area contributed by atoms with E-state index in [2.05, 4.69) is 5.32 Å². The van der Waals surface area contributed by atoms with Gasteiger partial charge < -0.3 is 20.9 Å². The maximum atomic E-state index is 10.2. The topological polar surface area (TPSA) is 84.6 Å². The Morgan fingerprint density at radius 2 is 2.45 bits per heavy atom. The first-order valence-corrected chi connectivity index (χ1v) is 3.36. The minimum absolute atomic E-state index is 0.276. The Balaban J connectivity index is 3.17. The van der Waals surface area contributed by atoms with Gasteiger partial charge in [0.25, 0.3) is 0 Å². The maximum Gasteiger partial charge on any atom is 0.321 e. The maximum absolute atomic E-state index is 10.2. The minimum atomic E-state index is -0.991. The van der Waals surface area contributed by atoms with Gasteiger partial charge in [0.15, 0.2) is 0 Å². The number of carboxylic acid groups (broad SMARTS) is 1. The highest BCUT2D eigenvalue weighted by atomic mass is 16.5. The van der Waals surface area contributed by atoms with Crippen LogP contribution in [0.3, 0.4) is 0 Å². The molecule has 0 saturated carbocycles. The lowest BCUT2D eigenvalue weighted by atomic mass is 10.3. The second-order valence-corrected chi connectivity index (χ2v) is 2.14. The lowest BCUT2D eigenvalue weighted by Gasteiger charge is -2.06. The second-order valence-electron chi connectivity index (χ2n) is 2.14. The zero-order chi connectivity index (χ0) is 8.69. The molecule has 0 saturated heterocycles. The van der Waals surface area contributed by atoms with Crippen molar-refractivity contribution in [1.29, 1.82) is 0 Å². The van der Waals surface area contributed by atoms with Gasteiger partial charge in [-0.3, -0.25) is 4.79 Å². The predicted molar refractivity (Wildman–Crippen MR) is 40.4 cm³/mol. The van der Waals surface area contributed by atoms with E-state index in [1.54, 1.807) is 7.11 Å². The fourth-order valence-corrected chi connectivity index (χ4v) is 0.519. The zero-order valence-corrected chi connectivity index (χ0v) is 6.54. The van der Waals surface area contributed by atoms with Crippen LogP contribution in [0.2, 0.25) is 0 Å². The number of nitrogens with two attached hydrogens (primary N) is 1. The molecule has 0 aromatic heterocycles. The van der Waals surface area contributed by atoms with Gasteiger partial charge in [0.05, 0.1) is 6.61 Å². The van der Waals surface area contributed by atoms with Gasteiger partial charge >= 0.3 is 5.97 Å². The van der Waals surface area contributed by atoms with E-state index in [9.17, 15) is 4.79 Å². The van der Waals surface area contributed by atoms with E-state index in [-0.39, 0.29) is 6.54 Å². The molecule has 0 bridgehead atoms. The van der Waals surface area contributed by atoms with Gasteiger partial charge in [-0.05, 0) is 0 Å². The van der Waals surface area contributed by atoms with Gasteiger partial charge in [-0.15, -0.1) is 0 Å². The average Bonchev–Trinajstić information content (AvgIpc) is 1.97. The average molecular weight is 162 g/mol. The second kappa shape index (κ2) is 6.09. The fourth-order valence-electron chi connectivity index (χ4n) is 0.519. The molecule has 1 atom stereocenters. The first kappa shape index (κ1) is 10.3. The van der Waals surface area contributed by atoms with Crippen molar-refractivity contribution in [3.05, 3.63) is 0 Å². The number of methoxy groups -OCH3 is 1. The molecule has 5 heteroatoms. The zero-order valence-electron chi connectivity index (χ0n) is 6.54. The van der Waals surface area contributed by atoms with E-state index in [0.29, 0.717) is 13.2 Å². The first-order valence-electron chi connectivity index (χ1n) is 3.36. The Bertz CT molecular complexity index is 118. The normalized spacial score (nSPS) is 12.9. The van der Waals surface area contributed by atoms with Crippen LogP contribution in [0.5, 0.6) is 0 Å². The summed E-state index contributed by atoms with van der Waals surface area (Å²) in [7, 11) is 1.58. The highest BCUT2D eigenvalue weighted by Crippen LogP contribution is 1.74. The molecule has 0 aliphatic rings. The summed E-state index contributed by atoms with van der Waals surface area (Å²) in [5.41, 5.74) is 5.20. The molecule has 4 N–H and O–H groups in total. The number of hydrogen-bond donors (Lipinski definition) is 3. The summed E-state index contributed by atoms with van der Waals surface area (Å²) in [6.45, 7) is 1.46. The van der Waals surface area contributed by atoms with Crippen molar-refractivity contribution in [2.45, 2.75) is 6.04 Å². The molecule has 0 rings (SSSR count). The summed E-state index contributed by atoms with van der Waals surface area (Å²) >= 11 is 0. The number of hydrogen-bond acceptors (Lipinski definition) is 4. The van der Waals surface area contributed by atoms with Crippen LogP contribution in [0.4, 0.5) is 0 Å². The molecule has 0 spiro atoms. The van der Waals surface area contributed by atoms with Crippen LogP contribution in [0.15, 0.2) is 0 Å². The number of carboxylic acids is 1. The summed E-state index contributed by atoms with van der Waals surface area (Å²) in [6.07, 6.45) is 0. The molecule has 0 aliphatic heterocycles. The third-order valence-corrected chi connectivity index (χ3v) is 1.16. The van der Waals surface area contributed by atoms with Gasteiger partial charge in [0.1, 0.15) is 6.04 Å². The van der Waals surface area contributed by atoms with Crippen LogP contribution < -0.4 is 11.1 Å². The summed E-state index contributed by atoms with van der Waals surface area (Å²) in [5.74, 6) is -0.991. The van der Waals surface area contributed by atoms with Crippen LogP contribution in [-0.4, -0.2) is 43.9 Å². The van der Waals surface area contributed by atoms with E-state index >= 15 is 0 Å². The number of rotatable bonds is 6. The molecule has 11 heavy (non-hydrogen) atoms. The lowest BCUT2D eigenvalue weighted by Crippen LogP contribution is -2.41. The Hall–Kier alpha value is -0.650. The van der Waals surface area contributed by atoms with Gasteiger partial charge in [0, 0.05) is 20.2 Å². The van der Waals surface area contributed by atoms with Crippen molar-refractivity contribution in [2.24, 2.45) is 5.73 Å². The van der Waals surface area contributed by atoms with Gasteiger partial charge in [-0.1, -0.05) is 0 Å². The van der Waals surface area contributed by atoms with Crippen molar-refractivity contribution in [2.75, 3.05) is 26.8 Å². The van der Waals surface area contributed by atoms with Crippen molar-refractivity contribution < 1.29 is 14.6 Å². The Morgan fingerprint density at radius 1 is 1.82 bits per heavy atom. The number of nitrogens with one attached hydrogen (secondary N) is 1. The van der Waals surface area contributed by atoms with Crippen molar-refractivity contribution in [1.82, 2.24) is 5.32 Å². The molecule has 0 fully saturated rings. The van der Waals surface area contributed by atoms with Crippen molar-refractivity contribution >= 4 is 5.97 Å². The van der Waals surface area contributed by atoms with Crippen molar-refractivity contribution in [3.8, 4) is 0 Å². The quantitative estimate of drug-likeness (QED) is 0.420. The molecule has 0 aliphatic carbocycles. The number of ether oxygens (including phenoxy) is 1. The highest BCUT2D eigenvalue weighted by Gasteiger charge is 2.09. The Labute approximate surface area is 65.5 Å². The molecular weight excluding hydrogens is 148 g/mol. The van der Waals surface area contributed by atoms with Crippen LogP contribution in [0.1, 0.15) is 0 Å². The standard InChI is InChI=1S/C6H14N2O3/c1-11-3-2-8-4-5(7)6(9)10/h5,8H,2-4,7H2,1H3,(H,9,10)/t5-/m0/s1. The number of aliphatic carboxylic acids is 1. The largest absolute Gasteiger partial charge is 0.480 e. The summed E-state index contributed by atoms with van der Waals surface area (Å²) in [5, 5.41) is 11.2. The van der Waals surface area contributed by atoms with Crippen LogP contribution in [0.25, 0.3) is 0 Å².